The van der Waals surface area contributed by atoms with Crippen molar-refractivity contribution >= 4 is 12.1 Å². The molecular weight excluding hydrogens is 552 g/mol. The fourth-order valence-electron chi connectivity index (χ4n) is 5.73. The Balaban J connectivity index is 4.56. The van der Waals surface area contributed by atoms with Gasteiger partial charge in [0.05, 0.1) is 6.61 Å². The summed E-state index contributed by atoms with van der Waals surface area (Å²) in [5, 5.41) is 0. The summed E-state index contributed by atoms with van der Waals surface area (Å²) < 4.78 is 17.0. The largest absolute Gasteiger partial charge is 0.508 e. The maximum atomic E-state index is 12.6. The van der Waals surface area contributed by atoms with Crippen molar-refractivity contribution in [1.82, 2.24) is 9.80 Å². The van der Waals surface area contributed by atoms with E-state index >= 15 is 0 Å². The molecule has 262 valence electrons. The first-order chi connectivity index (χ1) is 21.3. The molecule has 0 heterocycles. The third-order valence-corrected chi connectivity index (χ3v) is 8.85. The van der Waals surface area contributed by atoms with Crippen LogP contribution >= 0.6 is 0 Å². The zero-order chi connectivity index (χ0) is 32.8. The Bertz CT molecular complexity index is 656. The highest BCUT2D eigenvalue weighted by Crippen LogP contribution is 2.19. The van der Waals surface area contributed by atoms with Gasteiger partial charge >= 0.3 is 12.1 Å². The van der Waals surface area contributed by atoms with E-state index in [9.17, 15) is 9.59 Å². The first-order valence-corrected chi connectivity index (χ1v) is 18.8. The molecule has 44 heavy (non-hydrogen) atoms. The first kappa shape index (κ1) is 42.7. The Hall–Kier alpha value is -1.34. The van der Waals surface area contributed by atoms with E-state index in [2.05, 4.69) is 58.3 Å². The number of carbonyl (C=O) groups excluding carboxylic acids is 2. The summed E-state index contributed by atoms with van der Waals surface area (Å²) in [4.78, 5) is 29.9. The molecule has 7 nitrogen and oxygen atoms in total. The van der Waals surface area contributed by atoms with Gasteiger partial charge in [-0.3, -0.25) is 9.69 Å². The van der Waals surface area contributed by atoms with Gasteiger partial charge in [-0.1, -0.05) is 92.4 Å². The van der Waals surface area contributed by atoms with Crippen LogP contribution in [0.2, 0.25) is 0 Å². The molecule has 0 aliphatic carbocycles. The van der Waals surface area contributed by atoms with Gasteiger partial charge in [-0.25, -0.2) is 4.79 Å². The summed E-state index contributed by atoms with van der Waals surface area (Å²) >= 11 is 0. The fraction of sp³-hybridized carbons (Fsp3) is 0.946. The Morgan fingerprint density at radius 1 is 0.614 bits per heavy atom. The molecule has 0 rings (SSSR count). The molecule has 0 aromatic heterocycles. The molecule has 0 spiro atoms. The maximum Gasteiger partial charge on any atom is 0.508 e. The van der Waals surface area contributed by atoms with Gasteiger partial charge in [-0.15, -0.1) is 0 Å². The van der Waals surface area contributed by atoms with E-state index in [0.717, 1.165) is 84.0 Å². The Labute approximate surface area is 273 Å². The van der Waals surface area contributed by atoms with Crippen LogP contribution in [0.25, 0.3) is 0 Å². The summed E-state index contributed by atoms with van der Waals surface area (Å²) in [5.41, 5.74) is 0. The highest BCUT2D eigenvalue weighted by Gasteiger charge is 2.18. The van der Waals surface area contributed by atoms with E-state index in [-0.39, 0.29) is 12.1 Å². The number of ether oxygens (including phenoxy) is 3. The predicted octanol–water partition coefficient (Wildman–Crippen LogP) is 9.80. The fourth-order valence-corrected chi connectivity index (χ4v) is 5.73. The molecule has 0 fully saturated rings. The van der Waals surface area contributed by atoms with Gasteiger partial charge in [0.1, 0.15) is 12.7 Å². The summed E-state index contributed by atoms with van der Waals surface area (Å²) in [6, 6.07) is 0.400. The van der Waals surface area contributed by atoms with E-state index < -0.39 is 6.16 Å². The van der Waals surface area contributed by atoms with Crippen molar-refractivity contribution < 1.29 is 23.8 Å². The van der Waals surface area contributed by atoms with E-state index in [4.69, 9.17) is 14.2 Å². The lowest BCUT2D eigenvalue weighted by atomic mass is 9.96. The summed E-state index contributed by atoms with van der Waals surface area (Å²) in [7, 11) is 0. The van der Waals surface area contributed by atoms with Crippen molar-refractivity contribution in [1.29, 1.82) is 0 Å². The van der Waals surface area contributed by atoms with Gasteiger partial charge in [-0.05, 0) is 97.3 Å². The first-order valence-electron chi connectivity index (χ1n) is 18.8. The molecule has 7 heteroatoms. The minimum atomic E-state index is -0.561. The second-order valence-corrected chi connectivity index (χ2v) is 13.0. The summed E-state index contributed by atoms with van der Waals surface area (Å²) in [5.74, 6) is 0.398. The number of hydrogen-bond acceptors (Lipinski definition) is 7. The quantitative estimate of drug-likeness (QED) is 0.0560. The van der Waals surface area contributed by atoms with Crippen molar-refractivity contribution in [3.05, 3.63) is 0 Å². The topological polar surface area (TPSA) is 68.3 Å². The predicted molar refractivity (Wildman–Crippen MR) is 185 cm³/mol. The Morgan fingerprint density at radius 3 is 1.80 bits per heavy atom. The summed E-state index contributed by atoms with van der Waals surface area (Å²) in [6.07, 6.45) is 18.3. The molecule has 0 bridgehead atoms. The molecule has 0 N–H and O–H groups in total. The van der Waals surface area contributed by atoms with Crippen molar-refractivity contribution in [3.8, 4) is 0 Å². The Morgan fingerprint density at radius 2 is 1.20 bits per heavy atom. The van der Waals surface area contributed by atoms with Crippen LogP contribution < -0.4 is 0 Å². The van der Waals surface area contributed by atoms with Crippen molar-refractivity contribution in [2.45, 2.75) is 176 Å². The van der Waals surface area contributed by atoms with E-state index in [1.807, 2.05) is 0 Å². The second-order valence-electron chi connectivity index (χ2n) is 13.0. The van der Waals surface area contributed by atoms with Crippen LogP contribution in [0.15, 0.2) is 0 Å². The second kappa shape index (κ2) is 30.3. The van der Waals surface area contributed by atoms with Gasteiger partial charge in [0.2, 0.25) is 0 Å². The Kier molecular flexibility index (Phi) is 29.4. The minimum Gasteiger partial charge on any atom is -0.465 e. The minimum absolute atomic E-state index is 0.0910. The molecule has 0 aliphatic heterocycles. The molecule has 2 unspecified atom stereocenters. The SMILES string of the molecule is CCCCCCC(CCCC)COC(=O)CCCCC(CCCCCC)OC(=O)OCCN(CCCN(CC)CC)C(C)C. The van der Waals surface area contributed by atoms with Crippen LogP contribution in [-0.2, 0) is 19.0 Å². The molecule has 0 saturated carbocycles. The number of nitrogens with zero attached hydrogens (tertiary/aromatic N) is 2. The maximum absolute atomic E-state index is 12.6. The standard InChI is InChI=1S/C37H74N2O5/c1-8-13-16-18-24-34(23-15-10-3)32-43-36(40)27-21-20-26-35(25-19-17-14-9-2)44-37(41)42-31-30-39(33(6)7)29-22-28-38(11-4)12-5/h33-35H,8-32H2,1-7H3. The van der Waals surface area contributed by atoms with Crippen LogP contribution in [-0.4, -0.2) is 80.0 Å². The van der Waals surface area contributed by atoms with Gasteiger partial charge < -0.3 is 19.1 Å². The molecule has 0 radical (unpaired) electrons. The normalized spacial score (nSPS) is 13.0. The molecule has 0 saturated heterocycles. The smallest absolute Gasteiger partial charge is 0.465 e. The van der Waals surface area contributed by atoms with Gasteiger partial charge in [0.25, 0.3) is 0 Å². The third-order valence-electron chi connectivity index (χ3n) is 8.85. The average molecular weight is 627 g/mol. The van der Waals surface area contributed by atoms with Crippen LogP contribution in [0.5, 0.6) is 0 Å². The van der Waals surface area contributed by atoms with Crippen LogP contribution in [0.4, 0.5) is 4.79 Å². The van der Waals surface area contributed by atoms with E-state index in [0.29, 0.717) is 38.1 Å². The lowest BCUT2D eigenvalue weighted by molar-refractivity contribution is -0.145. The van der Waals surface area contributed by atoms with E-state index in [1.54, 1.807) is 0 Å². The molecule has 0 amide bonds. The zero-order valence-corrected chi connectivity index (χ0v) is 30.3. The molecular formula is C37H74N2O5. The van der Waals surface area contributed by atoms with Crippen LogP contribution in [0, 0.1) is 5.92 Å². The number of esters is 1. The van der Waals surface area contributed by atoms with Crippen molar-refractivity contribution in [3.63, 3.8) is 0 Å². The monoisotopic (exact) mass is 627 g/mol. The van der Waals surface area contributed by atoms with Crippen LogP contribution in [0.3, 0.4) is 0 Å². The third kappa shape index (κ3) is 24.9. The lowest BCUT2D eigenvalue weighted by Crippen LogP contribution is -2.37. The van der Waals surface area contributed by atoms with Crippen molar-refractivity contribution in [2.24, 2.45) is 5.92 Å². The molecule has 0 aromatic rings. The molecule has 0 aliphatic rings. The van der Waals surface area contributed by atoms with Crippen molar-refractivity contribution in [2.75, 3.05) is 45.9 Å². The number of rotatable bonds is 31. The van der Waals surface area contributed by atoms with Gasteiger partial charge in [0, 0.05) is 19.0 Å². The molecule has 2 atom stereocenters. The van der Waals surface area contributed by atoms with Gasteiger partial charge in [-0.2, -0.15) is 0 Å². The van der Waals surface area contributed by atoms with Gasteiger partial charge in [0.15, 0.2) is 0 Å². The number of hydrogen-bond donors (Lipinski definition) is 0. The molecule has 0 aromatic carbocycles. The zero-order valence-electron chi connectivity index (χ0n) is 30.3. The summed E-state index contributed by atoms with van der Waals surface area (Å²) in [6.45, 7) is 21.3. The van der Waals surface area contributed by atoms with E-state index in [1.165, 1.54) is 51.4 Å². The van der Waals surface area contributed by atoms with Crippen LogP contribution in [0.1, 0.15) is 164 Å². The highest BCUT2D eigenvalue weighted by molar-refractivity contribution is 5.69. The average Bonchev–Trinajstić information content (AvgIpc) is 3.01. The number of carbonyl (C=O) groups is 2. The highest BCUT2D eigenvalue weighted by atomic mass is 16.7. The lowest BCUT2D eigenvalue weighted by Gasteiger charge is -2.27. The number of unbranched alkanes of at least 4 members (excludes halogenated alkanes) is 8.